The van der Waals surface area contributed by atoms with E-state index in [1.54, 1.807) is 12.4 Å². The number of carboxylic acids is 1. The molecule has 2 rings (SSSR count). The van der Waals surface area contributed by atoms with Crippen molar-refractivity contribution in [2.75, 3.05) is 0 Å². The maximum absolute atomic E-state index is 10.8. The normalized spacial score (nSPS) is 31.6. The first-order chi connectivity index (χ1) is 6.25. The van der Waals surface area contributed by atoms with Gasteiger partial charge < -0.3 is 5.11 Å². The summed E-state index contributed by atoms with van der Waals surface area (Å²) < 4.78 is 0. The highest BCUT2D eigenvalue weighted by atomic mass is 16.4. The number of nitrogens with one attached hydrogen (secondary N) is 1. The number of aromatic nitrogens is 2. The van der Waals surface area contributed by atoms with E-state index < -0.39 is 5.97 Å². The Balaban J connectivity index is 2.15. The highest BCUT2D eigenvalue weighted by molar-refractivity contribution is 5.76. The first-order valence-corrected chi connectivity index (χ1v) is 4.47. The van der Waals surface area contributed by atoms with Gasteiger partial charge in [-0.05, 0) is 11.5 Å². The van der Waals surface area contributed by atoms with Gasteiger partial charge >= 0.3 is 5.97 Å². The van der Waals surface area contributed by atoms with Crippen molar-refractivity contribution in [1.29, 1.82) is 0 Å². The quantitative estimate of drug-likeness (QED) is 0.735. The average Bonchev–Trinajstić information content (AvgIpc) is 2.60. The Kier molecular flexibility index (Phi) is 1.83. The zero-order chi connectivity index (χ0) is 9.42. The fourth-order valence-electron chi connectivity index (χ4n) is 2.12. The van der Waals surface area contributed by atoms with Gasteiger partial charge in [-0.3, -0.25) is 9.89 Å². The van der Waals surface area contributed by atoms with Crippen LogP contribution < -0.4 is 0 Å². The van der Waals surface area contributed by atoms with E-state index in [-0.39, 0.29) is 11.8 Å². The number of hydrogen-bond acceptors (Lipinski definition) is 2. The van der Waals surface area contributed by atoms with Gasteiger partial charge in [0, 0.05) is 12.1 Å². The van der Waals surface area contributed by atoms with Crippen molar-refractivity contribution in [3.05, 3.63) is 18.0 Å². The van der Waals surface area contributed by atoms with Gasteiger partial charge in [0.2, 0.25) is 0 Å². The minimum Gasteiger partial charge on any atom is -0.481 e. The van der Waals surface area contributed by atoms with Gasteiger partial charge in [-0.15, -0.1) is 0 Å². The number of carboxylic acid groups (broad SMARTS) is 1. The minimum absolute atomic E-state index is 0.182. The van der Waals surface area contributed by atoms with Crippen molar-refractivity contribution in [2.24, 2.45) is 11.8 Å². The monoisotopic (exact) mass is 180 g/mol. The van der Waals surface area contributed by atoms with Crippen LogP contribution in [0.3, 0.4) is 0 Å². The SMILES string of the molecule is CCC1[C@H](C(=O)O)[C@H]1c1cn[nH]c1. The molecular formula is C9H12N2O2. The summed E-state index contributed by atoms with van der Waals surface area (Å²) in [6, 6.07) is 0. The van der Waals surface area contributed by atoms with Crippen LogP contribution in [0.1, 0.15) is 24.8 Å². The van der Waals surface area contributed by atoms with Crippen molar-refractivity contribution in [2.45, 2.75) is 19.3 Å². The van der Waals surface area contributed by atoms with E-state index >= 15 is 0 Å². The van der Waals surface area contributed by atoms with E-state index in [2.05, 4.69) is 10.2 Å². The maximum atomic E-state index is 10.8. The van der Waals surface area contributed by atoms with E-state index in [1.807, 2.05) is 6.92 Å². The lowest BCUT2D eigenvalue weighted by atomic mass is 10.2. The average molecular weight is 180 g/mol. The van der Waals surface area contributed by atoms with Crippen molar-refractivity contribution in [3.63, 3.8) is 0 Å². The summed E-state index contributed by atoms with van der Waals surface area (Å²) in [6.07, 6.45) is 4.43. The van der Waals surface area contributed by atoms with Crippen LogP contribution in [-0.4, -0.2) is 21.3 Å². The molecule has 4 nitrogen and oxygen atoms in total. The van der Waals surface area contributed by atoms with Crippen molar-refractivity contribution in [1.82, 2.24) is 10.2 Å². The van der Waals surface area contributed by atoms with Gasteiger partial charge in [0.05, 0.1) is 12.1 Å². The fourth-order valence-corrected chi connectivity index (χ4v) is 2.12. The lowest BCUT2D eigenvalue weighted by molar-refractivity contribution is -0.139. The van der Waals surface area contributed by atoms with Crippen molar-refractivity contribution >= 4 is 5.97 Å². The zero-order valence-electron chi connectivity index (χ0n) is 7.40. The summed E-state index contributed by atoms with van der Waals surface area (Å²) in [7, 11) is 0. The van der Waals surface area contributed by atoms with E-state index in [1.165, 1.54) is 0 Å². The second-order valence-electron chi connectivity index (χ2n) is 3.49. The third-order valence-electron chi connectivity index (χ3n) is 2.83. The number of aromatic amines is 1. The van der Waals surface area contributed by atoms with Crippen LogP contribution in [0.25, 0.3) is 0 Å². The molecule has 0 aromatic carbocycles. The Labute approximate surface area is 76.0 Å². The van der Waals surface area contributed by atoms with Crippen LogP contribution in [0.15, 0.2) is 12.4 Å². The van der Waals surface area contributed by atoms with Crippen LogP contribution >= 0.6 is 0 Å². The molecule has 0 radical (unpaired) electrons. The summed E-state index contributed by atoms with van der Waals surface area (Å²) in [6.45, 7) is 2.03. The number of H-pyrrole nitrogens is 1. The molecule has 13 heavy (non-hydrogen) atoms. The molecule has 0 saturated heterocycles. The third kappa shape index (κ3) is 1.22. The first-order valence-electron chi connectivity index (χ1n) is 4.47. The minimum atomic E-state index is -0.682. The molecule has 1 aromatic rings. The van der Waals surface area contributed by atoms with Crippen LogP contribution in [-0.2, 0) is 4.79 Å². The van der Waals surface area contributed by atoms with Gasteiger partial charge in [-0.2, -0.15) is 5.10 Å². The summed E-state index contributed by atoms with van der Waals surface area (Å²) >= 11 is 0. The maximum Gasteiger partial charge on any atom is 0.307 e. The molecular weight excluding hydrogens is 168 g/mol. The molecule has 0 aliphatic heterocycles. The molecule has 0 spiro atoms. The molecule has 1 aromatic heterocycles. The predicted molar refractivity (Wildman–Crippen MR) is 46.2 cm³/mol. The largest absolute Gasteiger partial charge is 0.481 e. The lowest BCUT2D eigenvalue weighted by Crippen LogP contribution is -1.99. The molecule has 0 bridgehead atoms. The van der Waals surface area contributed by atoms with E-state index in [0.717, 1.165) is 12.0 Å². The Morgan fingerprint density at radius 1 is 1.77 bits per heavy atom. The summed E-state index contributed by atoms with van der Waals surface area (Å²) in [4.78, 5) is 10.8. The molecule has 0 amide bonds. The van der Waals surface area contributed by atoms with Crippen molar-refractivity contribution < 1.29 is 9.90 Å². The van der Waals surface area contributed by atoms with E-state index in [4.69, 9.17) is 5.11 Å². The number of hydrogen-bond donors (Lipinski definition) is 2. The number of rotatable bonds is 3. The number of nitrogens with zero attached hydrogens (tertiary/aromatic N) is 1. The van der Waals surface area contributed by atoms with Crippen LogP contribution in [0, 0.1) is 11.8 Å². The first kappa shape index (κ1) is 8.29. The molecule has 3 atom stereocenters. The second kappa shape index (κ2) is 2.87. The molecule has 1 fully saturated rings. The Morgan fingerprint density at radius 2 is 2.54 bits per heavy atom. The van der Waals surface area contributed by atoms with Crippen LogP contribution in [0.2, 0.25) is 0 Å². The van der Waals surface area contributed by atoms with Gasteiger partial charge in [0.1, 0.15) is 0 Å². The lowest BCUT2D eigenvalue weighted by Gasteiger charge is -1.88. The van der Waals surface area contributed by atoms with Crippen molar-refractivity contribution in [3.8, 4) is 0 Å². The molecule has 2 N–H and O–H groups in total. The van der Waals surface area contributed by atoms with Gasteiger partial charge in [0.25, 0.3) is 0 Å². The molecule has 4 heteroatoms. The highest BCUT2D eigenvalue weighted by Gasteiger charge is 2.54. The van der Waals surface area contributed by atoms with E-state index in [0.29, 0.717) is 5.92 Å². The molecule has 1 aliphatic rings. The van der Waals surface area contributed by atoms with Gasteiger partial charge in [-0.25, -0.2) is 0 Å². The summed E-state index contributed by atoms with van der Waals surface area (Å²) in [5.74, 6) is -0.392. The molecule has 1 aliphatic carbocycles. The van der Waals surface area contributed by atoms with Gasteiger partial charge in [0.15, 0.2) is 0 Å². The molecule has 70 valence electrons. The van der Waals surface area contributed by atoms with Crippen LogP contribution in [0.5, 0.6) is 0 Å². The van der Waals surface area contributed by atoms with Gasteiger partial charge in [-0.1, -0.05) is 13.3 Å². The summed E-state index contributed by atoms with van der Waals surface area (Å²) in [5.41, 5.74) is 1.03. The molecule has 1 unspecified atom stereocenters. The topological polar surface area (TPSA) is 66.0 Å². The van der Waals surface area contributed by atoms with Crippen LogP contribution in [0.4, 0.5) is 0 Å². The Morgan fingerprint density at radius 3 is 2.92 bits per heavy atom. The molecule has 1 heterocycles. The highest BCUT2D eigenvalue weighted by Crippen LogP contribution is 2.55. The second-order valence-corrected chi connectivity index (χ2v) is 3.49. The number of carbonyl (C=O) groups is 1. The predicted octanol–water partition coefficient (Wildman–Crippen LogP) is 1.23. The standard InChI is InChI=1S/C9H12N2O2/c1-2-6-7(8(6)9(12)13)5-3-10-11-4-5/h3-4,6-8H,2H2,1H3,(H,10,11)(H,12,13)/t6?,7-,8-/m0/s1. The Hall–Kier alpha value is -1.32. The number of aliphatic carboxylic acids is 1. The smallest absolute Gasteiger partial charge is 0.307 e. The molecule has 1 saturated carbocycles. The van der Waals surface area contributed by atoms with E-state index in [9.17, 15) is 4.79 Å². The third-order valence-corrected chi connectivity index (χ3v) is 2.83. The Bertz CT molecular complexity index is 307. The fraction of sp³-hybridized carbons (Fsp3) is 0.556. The summed E-state index contributed by atoms with van der Waals surface area (Å²) in [5, 5.41) is 15.4. The zero-order valence-corrected chi connectivity index (χ0v) is 7.40.